The van der Waals surface area contributed by atoms with Gasteiger partial charge in [0.05, 0.1) is 0 Å². The van der Waals surface area contributed by atoms with Crippen molar-refractivity contribution >= 4 is 5.91 Å². The van der Waals surface area contributed by atoms with Crippen molar-refractivity contribution in [1.29, 1.82) is 0 Å². The number of carbonyl (C=O) groups is 1. The molecule has 0 saturated carbocycles. The van der Waals surface area contributed by atoms with Crippen LogP contribution in [0.3, 0.4) is 0 Å². The quantitative estimate of drug-likeness (QED) is 0.649. The fourth-order valence-corrected chi connectivity index (χ4v) is 1.87. The lowest BCUT2D eigenvalue weighted by Crippen LogP contribution is -2.16. The first-order valence-electron chi connectivity index (χ1n) is 4.66. The van der Waals surface area contributed by atoms with Gasteiger partial charge < -0.3 is 5.73 Å². The van der Waals surface area contributed by atoms with Gasteiger partial charge in [-0.05, 0) is 30.4 Å². The Morgan fingerprint density at radius 2 is 2.15 bits per heavy atom. The van der Waals surface area contributed by atoms with E-state index in [0.717, 1.165) is 24.8 Å². The Labute approximate surface area is 77.8 Å². The van der Waals surface area contributed by atoms with Crippen molar-refractivity contribution in [3.05, 3.63) is 34.9 Å². The maximum absolute atomic E-state index is 10.9. The monoisotopic (exact) mass is 175 g/mol. The Morgan fingerprint density at radius 1 is 1.31 bits per heavy atom. The summed E-state index contributed by atoms with van der Waals surface area (Å²) >= 11 is 0. The summed E-state index contributed by atoms with van der Waals surface area (Å²) in [4.78, 5) is 10.9. The minimum absolute atomic E-state index is 0.290. The summed E-state index contributed by atoms with van der Waals surface area (Å²) in [6.45, 7) is 0. The molecule has 0 aliphatic heterocycles. The maximum Gasteiger partial charge on any atom is 0.244 e. The molecule has 2 aliphatic rings. The molecule has 2 nitrogen and oxygen atoms in total. The van der Waals surface area contributed by atoms with E-state index in [1.54, 1.807) is 0 Å². The van der Waals surface area contributed by atoms with Crippen LogP contribution >= 0.6 is 0 Å². The molecule has 0 unspecified atom stereocenters. The minimum atomic E-state index is -0.290. The van der Waals surface area contributed by atoms with E-state index in [0.29, 0.717) is 0 Å². The summed E-state index contributed by atoms with van der Waals surface area (Å²) in [5.41, 5.74) is 8.65. The molecule has 13 heavy (non-hydrogen) atoms. The lowest BCUT2D eigenvalue weighted by molar-refractivity contribution is -0.114. The number of rotatable bonds is 1. The van der Waals surface area contributed by atoms with Crippen LogP contribution in [0.4, 0.5) is 0 Å². The molecule has 2 heteroatoms. The lowest BCUT2D eigenvalue weighted by Gasteiger charge is -2.20. The molecule has 0 aromatic carbocycles. The van der Waals surface area contributed by atoms with Crippen molar-refractivity contribution in [3.8, 4) is 0 Å². The van der Waals surface area contributed by atoms with Crippen molar-refractivity contribution in [2.75, 3.05) is 0 Å². The Morgan fingerprint density at radius 3 is 2.92 bits per heavy atom. The van der Waals surface area contributed by atoms with Crippen LogP contribution in [0.2, 0.25) is 0 Å². The summed E-state index contributed by atoms with van der Waals surface area (Å²) in [6.07, 6.45) is 10.4. The summed E-state index contributed by atoms with van der Waals surface area (Å²) in [6, 6.07) is 0. The molecule has 0 heterocycles. The van der Waals surface area contributed by atoms with Gasteiger partial charge in [0, 0.05) is 12.0 Å². The molecular weight excluding hydrogens is 162 g/mol. The molecule has 0 aromatic rings. The van der Waals surface area contributed by atoms with Crippen molar-refractivity contribution in [3.63, 3.8) is 0 Å². The van der Waals surface area contributed by atoms with Crippen LogP contribution in [-0.4, -0.2) is 5.91 Å². The highest BCUT2D eigenvalue weighted by Crippen LogP contribution is 2.31. The Hall–Kier alpha value is -1.31. The summed E-state index contributed by atoms with van der Waals surface area (Å²) < 4.78 is 0. The third-order valence-corrected chi connectivity index (χ3v) is 2.64. The molecule has 0 spiro atoms. The van der Waals surface area contributed by atoms with E-state index in [4.69, 9.17) is 5.73 Å². The standard InChI is InChI=1S/C11H13NO/c12-11(13)10-6-5-8-3-1-2-4-9(8)7-10/h4-6H,1-3,7H2,(H2,12,13). The van der Waals surface area contributed by atoms with Gasteiger partial charge in [0.25, 0.3) is 0 Å². The second-order valence-corrected chi connectivity index (χ2v) is 3.55. The number of hydrogen-bond acceptors (Lipinski definition) is 1. The number of primary amides is 1. The molecule has 2 N–H and O–H groups in total. The molecule has 68 valence electrons. The van der Waals surface area contributed by atoms with Gasteiger partial charge in [0.2, 0.25) is 5.91 Å². The predicted octanol–water partition coefficient (Wildman–Crippen LogP) is 1.84. The van der Waals surface area contributed by atoms with E-state index >= 15 is 0 Å². The van der Waals surface area contributed by atoms with Crippen LogP contribution in [0.25, 0.3) is 0 Å². The predicted molar refractivity (Wildman–Crippen MR) is 51.9 cm³/mol. The fraction of sp³-hybridized carbons (Fsp3) is 0.364. The number of carbonyl (C=O) groups excluding carboxylic acids is 1. The van der Waals surface area contributed by atoms with Gasteiger partial charge in [-0.15, -0.1) is 0 Å². The highest BCUT2D eigenvalue weighted by atomic mass is 16.1. The van der Waals surface area contributed by atoms with Crippen LogP contribution in [0.1, 0.15) is 25.7 Å². The van der Waals surface area contributed by atoms with Crippen molar-refractivity contribution < 1.29 is 4.79 Å². The van der Waals surface area contributed by atoms with Gasteiger partial charge >= 0.3 is 0 Å². The number of hydrogen-bond donors (Lipinski definition) is 1. The molecule has 2 rings (SSSR count). The van der Waals surface area contributed by atoms with E-state index in [1.807, 2.05) is 12.2 Å². The molecule has 0 bridgehead atoms. The molecule has 1 amide bonds. The molecular formula is C11H13NO. The number of amides is 1. The normalized spacial score (nSPS) is 21.1. The summed E-state index contributed by atoms with van der Waals surface area (Å²) in [5.74, 6) is -0.290. The second-order valence-electron chi connectivity index (χ2n) is 3.55. The first kappa shape index (κ1) is 8.30. The van der Waals surface area contributed by atoms with E-state index in [1.165, 1.54) is 17.6 Å². The fourth-order valence-electron chi connectivity index (χ4n) is 1.87. The average molecular weight is 175 g/mol. The lowest BCUT2D eigenvalue weighted by atomic mass is 9.85. The van der Waals surface area contributed by atoms with E-state index in [-0.39, 0.29) is 5.91 Å². The topological polar surface area (TPSA) is 43.1 Å². The summed E-state index contributed by atoms with van der Waals surface area (Å²) in [5, 5.41) is 0. The van der Waals surface area contributed by atoms with Crippen molar-refractivity contribution in [2.45, 2.75) is 25.7 Å². The van der Waals surface area contributed by atoms with Crippen LogP contribution < -0.4 is 5.73 Å². The first-order valence-corrected chi connectivity index (χ1v) is 4.66. The largest absolute Gasteiger partial charge is 0.366 e. The summed E-state index contributed by atoms with van der Waals surface area (Å²) in [7, 11) is 0. The number of nitrogens with two attached hydrogens (primary N) is 1. The van der Waals surface area contributed by atoms with Crippen LogP contribution in [0.5, 0.6) is 0 Å². The highest BCUT2D eigenvalue weighted by Gasteiger charge is 2.17. The van der Waals surface area contributed by atoms with E-state index in [2.05, 4.69) is 6.08 Å². The molecule has 0 saturated heterocycles. The van der Waals surface area contributed by atoms with Gasteiger partial charge in [-0.2, -0.15) is 0 Å². The van der Waals surface area contributed by atoms with Crippen molar-refractivity contribution in [2.24, 2.45) is 5.73 Å². The van der Waals surface area contributed by atoms with Crippen LogP contribution in [0.15, 0.2) is 34.9 Å². The zero-order chi connectivity index (χ0) is 9.26. The Balaban J connectivity index is 2.29. The van der Waals surface area contributed by atoms with Gasteiger partial charge in [-0.1, -0.05) is 18.2 Å². The van der Waals surface area contributed by atoms with E-state index < -0.39 is 0 Å². The number of allylic oxidation sites excluding steroid dienone is 5. The molecule has 0 atom stereocenters. The second kappa shape index (κ2) is 3.21. The zero-order valence-electron chi connectivity index (χ0n) is 7.55. The SMILES string of the molecule is NC(=O)C1=CC=C2CCCC=C2C1. The number of fused-ring (bicyclic) bond motifs is 1. The zero-order valence-corrected chi connectivity index (χ0v) is 7.55. The Kier molecular flexibility index (Phi) is 2.05. The third kappa shape index (κ3) is 1.57. The van der Waals surface area contributed by atoms with Crippen LogP contribution in [-0.2, 0) is 4.79 Å². The van der Waals surface area contributed by atoms with Gasteiger partial charge in [0.15, 0.2) is 0 Å². The Bertz CT molecular complexity index is 334. The van der Waals surface area contributed by atoms with Gasteiger partial charge in [0.1, 0.15) is 0 Å². The van der Waals surface area contributed by atoms with Gasteiger partial charge in [-0.25, -0.2) is 0 Å². The minimum Gasteiger partial charge on any atom is -0.366 e. The molecule has 0 fully saturated rings. The first-order chi connectivity index (χ1) is 6.27. The highest BCUT2D eigenvalue weighted by molar-refractivity contribution is 5.93. The van der Waals surface area contributed by atoms with Crippen molar-refractivity contribution in [1.82, 2.24) is 0 Å². The third-order valence-electron chi connectivity index (χ3n) is 2.64. The van der Waals surface area contributed by atoms with Gasteiger partial charge in [-0.3, -0.25) is 4.79 Å². The maximum atomic E-state index is 10.9. The smallest absolute Gasteiger partial charge is 0.244 e. The molecule has 2 aliphatic carbocycles. The molecule has 0 radical (unpaired) electrons. The van der Waals surface area contributed by atoms with E-state index in [9.17, 15) is 4.79 Å². The average Bonchev–Trinajstić information content (AvgIpc) is 2.17. The van der Waals surface area contributed by atoms with Crippen LogP contribution in [0, 0.1) is 0 Å². The molecule has 0 aromatic heterocycles.